The number of piperidine rings is 1. The van der Waals surface area contributed by atoms with Crippen LogP contribution in [0.3, 0.4) is 0 Å². The van der Waals surface area contributed by atoms with E-state index < -0.39 is 0 Å². The maximum atomic E-state index is 11.5. The Balaban J connectivity index is 1.74. The van der Waals surface area contributed by atoms with Gasteiger partial charge in [-0.3, -0.25) is 9.78 Å². The molecule has 2 aromatic carbocycles. The number of rotatable bonds is 4. The van der Waals surface area contributed by atoms with Crippen LogP contribution in [0.1, 0.15) is 30.1 Å². The first-order chi connectivity index (χ1) is 12.7. The normalized spacial score (nSPS) is 15.1. The average Bonchev–Trinajstić information content (AvgIpc) is 2.69. The fraction of sp³-hybridized carbons (Fsp3) is 0.273. The predicted molar refractivity (Wildman–Crippen MR) is 107 cm³/mol. The minimum atomic E-state index is 0.0920. The molecule has 26 heavy (non-hydrogen) atoms. The summed E-state index contributed by atoms with van der Waals surface area (Å²) in [5.41, 5.74) is 4.14. The summed E-state index contributed by atoms with van der Waals surface area (Å²) in [6.07, 6.45) is 6.01. The Kier molecular flexibility index (Phi) is 4.67. The number of nitrogens with one attached hydrogen (secondary N) is 2. The molecule has 132 valence electrons. The Hall–Kier alpha value is -2.72. The molecule has 1 fully saturated rings. The van der Waals surface area contributed by atoms with Gasteiger partial charge < -0.3 is 10.6 Å². The smallest absolute Gasteiger partial charge is 0.159 e. The summed E-state index contributed by atoms with van der Waals surface area (Å²) < 4.78 is 0. The average molecular weight is 345 g/mol. The Labute approximate surface area is 153 Å². The quantitative estimate of drug-likeness (QED) is 0.694. The molecule has 0 radical (unpaired) electrons. The van der Waals surface area contributed by atoms with Gasteiger partial charge in [-0.05, 0) is 67.6 Å². The van der Waals surface area contributed by atoms with Gasteiger partial charge >= 0.3 is 0 Å². The number of ketones is 1. The van der Waals surface area contributed by atoms with E-state index in [0.717, 1.165) is 53.7 Å². The molecule has 0 aliphatic carbocycles. The van der Waals surface area contributed by atoms with Crippen molar-refractivity contribution in [1.29, 1.82) is 0 Å². The zero-order chi connectivity index (χ0) is 17.9. The molecule has 0 bridgehead atoms. The summed E-state index contributed by atoms with van der Waals surface area (Å²) >= 11 is 0. The van der Waals surface area contributed by atoms with Crippen LogP contribution in [0, 0.1) is 0 Å². The molecule has 0 atom stereocenters. The molecule has 2 heterocycles. The molecule has 4 rings (SSSR count). The first-order valence-electron chi connectivity index (χ1n) is 9.17. The van der Waals surface area contributed by atoms with E-state index in [1.165, 1.54) is 5.39 Å². The van der Waals surface area contributed by atoms with Crippen LogP contribution < -0.4 is 10.6 Å². The third kappa shape index (κ3) is 3.46. The molecule has 4 heteroatoms. The van der Waals surface area contributed by atoms with Gasteiger partial charge in [0.1, 0.15) is 0 Å². The van der Waals surface area contributed by atoms with Gasteiger partial charge in [-0.15, -0.1) is 0 Å². The van der Waals surface area contributed by atoms with Crippen molar-refractivity contribution in [2.75, 3.05) is 18.4 Å². The summed E-state index contributed by atoms with van der Waals surface area (Å²) in [6, 6.07) is 14.8. The fourth-order valence-corrected chi connectivity index (χ4v) is 3.57. The Morgan fingerprint density at radius 1 is 1.08 bits per heavy atom. The van der Waals surface area contributed by atoms with Crippen LogP contribution in [0.25, 0.3) is 21.9 Å². The van der Waals surface area contributed by atoms with Crippen molar-refractivity contribution >= 4 is 22.2 Å². The lowest BCUT2D eigenvalue weighted by Crippen LogP contribution is -2.35. The molecular formula is C22H23N3O. The van der Waals surface area contributed by atoms with Gasteiger partial charge in [0, 0.05) is 35.1 Å². The van der Waals surface area contributed by atoms with Crippen LogP contribution in [0.5, 0.6) is 0 Å². The van der Waals surface area contributed by atoms with Crippen molar-refractivity contribution < 1.29 is 4.79 Å². The highest BCUT2D eigenvalue weighted by molar-refractivity contribution is 5.98. The molecular weight excluding hydrogens is 322 g/mol. The second-order valence-electron chi connectivity index (χ2n) is 6.92. The topological polar surface area (TPSA) is 54.0 Å². The number of carbonyl (C=O) groups is 1. The Bertz CT molecular complexity index is 928. The zero-order valence-corrected chi connectivity index (χ0v) is 15.0. The lowest BCUT2D eigenvalue weighted by molar-refractivity contribution is 0.101. The summed E-state index contributed by atoms with van der Waals surface area (Å²) in [5.74, 6) is 0.0920. The molecule has 1 saturated heterocycles. The van der Waals surface area contributed by atoms with E-state index >= 15 is 0 Å². The highest BCUT2D eigenvalue weighted by Crippen LogP contribution is 2.32. The van der Waals surface area contributed by atoms with Crippen LogP contribution >= 0.6 is 0 Å². The lowest BCUT2D eigenvalue weighted by atomic mass is 9.98. The predicted octanol–water partition coefficient (Wildman–Crippen LogP) is 4.27. The number of fused-ring (bicyclic) bond motifs is 1. The number of pyridine rings is 1. The third-order valence-corrected chi connectivity index (χ3v) is 5.08. The van der Waals surface area contributed by atoms with Gasteiger partial charge in [0.25, 0.3) is 0 Å². The Morgan fingerprint density at radius 2 is 1.85 bits per heavy atom. The van der Waals surface area contributed by atoms with Gasteiger partial charge in [-0.2, -0.15) is 0 Å². The summed E-state index contributed by atoms with van der Waals surface area (Å²) in [4.78, 5) is 15.8. The van der Waals surface area contributed by atoms with E-state index in [2.05, 4.69) is 33.8 Å². The highest BCUT2D eigenvalue weighted by atomic mass is 16.1. The van der Waals surface area contributed by atoms with Crippen molar-refractivity contribution in [2.45, 2.75) is 25.8 Å². The van der Waals surface area contributed by atoms with Crippen molar-refractivity contribution in [1.82, 2.24) is 10.3 Å². The number of nitrogens with zero attached hydrogens (tertiary/aromatic N) is 1. The lowest BCUT2D eigenvalue weighted by Gasteiger charge is -2.25. The monoisotopic (exact) mass is 345 g/mol. The van der Waals surface area contributed by atoms with Crippen molar-refractivity contribution in [3.8, 4) is 11.1 Å². The SMILES string of the molecule is CC(=O)c1ccc(-c2cc(NC3CCNCC3)c3cnccc3c2)cc1. The van der Waals surface area contributed by atoms with Crippen LogP contribution in [-0.2, 0) is 0 Å². The maximum absolute atomic E-state index is 11.5. The first kappa shape index (κ1) is 16.7. The van der Waals surface area contributed by atoms with Crippen LogP contribution in [0.2, 0.25) is 0 Å². The largest absolute Gasteiger partial charge is 0.382 e. The minimum absolute atomic E-state index is 0.0920. The van der Waals surface area contributed by atoms with Crippen LogP contribution in [0.15, 0.2) is 54.9 Å². The van der Waals surface area contributed by atoms with Gasteiger partial charge in [-0.1, -0.05) is 24.3 Å². The van der Waals surface area contributed by atoms with Gasteiger partial charge in [0.05, 0.1) is 0 Å². The summed E-state index contributed by atoms with van der Waals surface area (Å²) in [6.45, 7) is 3.71. The fourth-order valence-electron chi connectivity index (χ4n) is 3.57. The molecule has 1 aromatic heterocycles. The number of aromatic nitrogens is 1. The number of carbonyl (C=O) groups excluding carboxylic acids is 1. The van der Waals surface area contributed by atoms with E-state index in [9.17, 15) is 4.79 Å². The molecule has 0 amide bonds. The first-order valence-corrected chi connectivity index (χ1v) is 9.17. The van der Waals surface area contributed by atoms with E-state index in [4.69, 9.17) is 0 Å². The Morgan fingerprint density at radius 3 is 2.58 bits per heavy atom. The number of Topliss-reactive ketones (excluding diaryl/α,β-unsaturated/α-hetero) is 1. The molecule has 3 aromatic rings. The van der Waals surface area contributed by atoms with E-state index in [0.29, 0.717) is 6.04 Å². The van der Waals surface area contributed by atoms with E-state index in [1.807, 2.05) is 36.7 Å². The molecule has 0 unspecified atom stereocenters. The van der Waals surface area contributed by atoms with Crippen molar-refractivity contribution in [2.24, 2.45) is 0 Å². The molecule has 0 spiro atoms. The zero-order valence-electron chi connectivity index (χ0n) is 15.0. The second-order valence-corrected chi connectivity index (χ2v) is 6.92. The third-order valence-electron chi connectivity index (χ3n) is 5.08. The second kappa shape index (κ2) is 7.26. The number of benzene rings is 2. The summed E-state index contributed by atoms with van der Waals surface area (Å²) in [7, 11) is 0. The molecule has 0 saturated carbocycles. The van der Waals surface area contributed by atoms with E-state index in [1.54, 1.807) is 6.92 Å². The van der Waals surface area contributed by atoms with Crippen LogP contribution in [-0.4, -0.2) is 29.9 Å². The number of hydrogen-bond donors (Lipinski definition) is 2. The summed E-state index contributed by atoms with van der Waals surface area (Å²) in [5, 5.41) is 9.46. The maximum Gasteiger partial charge on any atom is 0.159 e. The van der Waals surface area contributed by atoms with Crippen molar-refractivity contribution in [3.05, 3.63) is 60.4 Å². The highest BCUT2D eigenvalue weighted by Gasteiger charge is 2.15. The van der Waals surface area contributed by atoms with Gasteiger partial charge in [-0.25, -0.2) is 0 Å². The van der Waals surface area contributed by atoms with E-state index in [-0.39, 0.29) is 5.78 Å². The molecule has 4 nitrogen and oxygen atoms in total. The number of anilines is 1. The molecule has 1 aliphatic rings. The van der Waals surface area contributed by atoms with Gasteiger partial charge in [0.2, 0.25) is 0 Å². The standard InChI is InChI=1S/C22H23N3O/c1-15(26)16-2-4-17(5-3-16)19-12-18-6-9-24-14-21(18)22(13-19)25-20-7-10-23-11-8-20/h2-6,9,12-14,20,23,25H,7-8,10-11H2,1H3. The van der Waals surface area contributed by atoms with Crippen LogP contribution in [0.4, 0.5) is 5.69 Å². The number of hydrogen-bond acceptors (Lipinski definition) is 4. The molecule has 1 aliphatic heterocycles. The minimum Gasteiger partial charge on any atom is -0.382 e. The molecule has 2 N–H and O–H groups in total. The van der Waals surface area contributed by atoms with Gasteiger partial charge in [0.15, 0.2) is 5.78 Å². The van der Waals surface area contributed by atoms with Crippen molar-refractivity contribution in [3.63, 3.8) is 0 Å².